The summed E-state index contributed by atoms with van der Waals surface area (Å²) in [5, 5.41) is 0.552. The van der Waals surface area contributed by atoms with Gasteiger partial charge in [-0.3, -0.25) is 0 Å². The van der Waals surface area contributed by atoms with Crippen molar-refractivity contribution >= 4 is 21.6 Å². The Bertz CT molecular complexity index is 510. The topological polar surface area (TPSA) is 37.4 Å². The number of nitrogens with zero attached hydrogens (tertiary/aromatic N) is 1. The molecule has 0 saturated carbocycles. The van der Waals surface area contributed by atoms with Crippen molar-refractivity contribution in [3.05, 3.63) is 29.3 Å². The highest BCUT2D eigenvalue weighted by Gasteiger charge is 2.36. The van der Waals surface area contributed by atoms with E-state index in [4.69, 9.17) is 11.6 Å². The molecule has 0 bridgehead atoms. The van der Waals surface area contributed by atoms with Crippen molar-refractivity contribution in [1.82, 2.24) is 4.31 Å². The van der Waals surface area contributed by atoms with Crippen LogP contribution in [0.4, 0.5) is 0 Å². The van der Waals surface area contributed by atoms with Crippen LogP contribution in [0.1, 0.15) is 26.7 Å². The van der Waals surface area contributed by atoms with Crippen LogP contribution in [0, 0.1) is 5.92 Å². The molecule has 100 valence electrons. The van der Waals surface area contributed by atoms with E-state index in [1.165, 1.54) is 0 Å². The molecule has 0 radical (unpaired) electrons. The smallest absolute Gasteiger partial charge is 0.207 e. The zero-order chi connectivity index (χ0) is 13.3. The van der Waals surface area contributed by atoms with Gasteiger partial charge in [0, 0.05) is 17.6 Å². The summed E-state index contributed by atoms with van der Waals surface area (Å²) in [6, 6.07) is 6.51. The number of halogens is 1. The fourth-order valence-corrected chi connectivity index (χ4v) is 4.42. The van der Waals surface area contributed by atoms with Gasteiger partial charge < -0.3 is 0 Å². The van der Waals surface area contributed by atoms with Gasteiger partial charge in [-0.25, -0.2) is 8.42 Å². The largest absolute Gasteiger partial charge is 0.243 e. The predicted octanol–water partition coefficient (Wildman–Crippen LogP) is 3.15. The second-order valence-corrected chi connectivity index (χ2v) is 7.35. The molecule has 2 rings (SSSR count). The third-order valence-electron chi connectivity index (χ3n) is 3.44. The fraction of sp³-hybridized carbons (Fsp3) is 0.538. The van der Waals surface area contributed by atoms with Gasteiger partial charge in [0.15, 0.2) is 0 Å². The maximum Gasteiger partial charge on any atom is 0.243 e. The highest BCUT2D eigenvalue weighted by Crippen LogP contribution is 2.30. The van der Waals surface area contributed by atoms with Crippen LogP contribution in [0.5, 0.6) is 0 Å². The zero-order valence-corrected chi connectivity index (χ0v) is 12.2. The quantitative estimate of drug-likeness (QED) is 0.856. The minimum Gasteiger partial charge on any atom is -0.207 e. The highest BCUT2D eigenvalue weighted by molar-refractivity contribution is 7.89. The summed E-state index contributed by atoms with van der Waals surface area (Å²) < 4.78 is 26.7. The molecule has 5 heteroatoms. The van der Waals surface area contributed by atoms with E-state index in [1.807, 2.05) is 0 Å². The molecule has 1 atom stereocenters. The summed E-state index contributed by atoms with van der Waals surface area (Å²) in [5.74, 6) is 0.342. The monoisotopic (exact) mass is 287 g/mol. The summed E-state index contributed by atoms with van der Waals surface area (Å²) in [6.07, 6.45) is 1.89. The molecule has 1 aliphatic heterocycles. The number of rotatable bonds is 3. The fourth-order valence-electron chi connectivity index (χ4n) is 2.47. The minimum atomic E-state index is -3.37. The third-order valence-corrected chi connectivity index (χ3v) is 5.63. The Morgan fingerprint density at radius 2 is 1.89 bits per heavy atom. The molecule has 1 aliphatic rings. The second kappa shape index (κ2) is 5.19. The Balaban J connectivity index is 2.33. The lowest BCUT2D eigenvalue weighted by molar-refractivity contribution is 0.316. The van der Waals surface area contributed by atoms with Crippen LogP contribution in [0.15, 0.2) is 29.2 Å². The first-order chi connectivity index (χ1) is 8.43. The van der Waals surface area contributed by atoms with Crippen molar-refractivity contribution in [2.24, 2.45) is 5.92 Å². The molecule has 0 amide bonds. The Hall–Kier alpha value is -0.580. The Morgan fingerprint density at radius 1 is 1.28 bits per heavy atom. The van der Waals surface area contributed by atoms with Gasteiger partial charge in [-0.2, -0.15) is 4.31 Å². The molecular weight excluding hydrogens is 270 g/mol. The molecule has 0 spiro atoms. The Labute approximate surface area is 114 Å². The SMILES string of the molecule is CC(C)C1CCCN1S(=O)(=O)c1ccc(Cl)cc1. The third kappa shape index (κ3) is 2.56. The summed E-state index contributed by atoms with van der Waals surface area (Å²) in [5.41, 5.74) is 0. The average molecular weight is 288 g/mol. The number of sulfonamides is 1. The van der Waals surface area contributed by atoms with Gasteiger partial charge in [0.05, 0.1) is 4.90 Å². The van der Waals surface area contributed by atoms with E-state index < -0.39 is 10.0 Å². The van der Waals surface area contributed by atoms with Crippen molar-refractivity contribution < 1.29 is 8.42 Å². The first-order valence-corrected chi connectivity index (χ1v) is 8.02. The normalized spacial score (nSPS) is 21.7. The molecule has 18 heavy (non-hydrogen) atoms. The molecule has 1 saturated heterocycles. The molecule has 1 unspecified atom stereocenters. The molecule has 1 heterocycles. The lowest BCUT2D eigenvalue weighted by atomic mass is 10.0. The summed E-state index contributed by atoms with van der Waals surface area (Å²) in [7, 11) is -3.37. The second-order valence-electron chi connectivity index (χ2n) is 5.02. The summed E-state index contributed by atoms with van der Waals surface area (Å²) in [4.78, 5) is 0.333. The molecule has 0 aliphatic carbocycles. The highest BCUT2D eigenvalue weighted by atomic mass is 35.5. The minimum absolute atomic E-state index is 0.116. The van der Waals surface area contributed by atoms with Crippen molar-refractivity contribution in [1.29, 1.82) is 0 Å². The van der Waals surface area contributed by atoms with Crippen LogP contribution in [-0.2, 0) is 10.0 Å². The van der Waals surface area contributed by atoms with Gasteiger partial charge >= 0.3 is 0 Å². The van der Waals surface area contributed by atoms with Crippen LogP contribution in [0.2, 0.25) is 5.02 Å². The van der Waals surface area contributed by atoms with Crippen LogP contribution in [0.3, 0.4) is 0 Å². The van der Waals surface area contributed by atoms with Crippen LogP contribution < -0.4 is 0 Å². The van der Waals surface area contributed by atoms with Gasteiger partial charge in [-0.1, -0.05) is 25.4 Å². The summed E-state index contributed by atoms with van der Waals surface area (Å²) in [6.45, 7) is 4.76. The van der Waals surface area contributed by atoms with Crippen molar-refractivity contribution in [3.63, 3.8) is 0 Å². The van der Waals surface area contributed by atoms with E-state index in [1.54, 1.807) is 28.6 Å². The molecular formula is C13H18ClNO2S. The number of hydrogen-bond donors (Lipinski definition) is 0. The van der Waals surface area contributed by atoms with E-state index in [2.05, 4.69) is 13.8 Å². The van der Waals surface area contributed by atoms with E-state index in [-0.39, 0.29) is 6.04 Å². The van der Waals surface area contributed by atoms with Crippen molar-refractivity contribution in [3.8, 4) is 0 Å². The van der Waals surface area contributed by atoms with E-state index in [9.17, 15) is 8.42 Å². The van der Waals surface area contributed by atoms with Gasteiger partial charge in [0.25, 0.3) is 0 Å². The van der Waals surface area contributed by atoms with Crippen LogP contribution in [0.25, 0.3) is 0 Å². The lowest BCUT2D eigenvalue weighted by Crippen LogP contribution is -2.38. The maximum atomic E-state index is 12.5. The van der Waals surface area contributed by atoms with Gasteiger partial charge in [0.1, 0.15) is 0 Å². The molecule has 3 nitrogen and oxygen atoms in total. The van der Waals surface area contributed by atoms with Gasteiger partial charge in [-0.05, 0) is 43.0 Å². The summed E-state index contributed by atoms with van der Waals surface area (Å²) >= 11 is 5.79. The molecule has 0 aromatic heterocycles. The van der Waals surface area contributed by atoms with Crippen LogP contribution >= 0.6 is 11.6 Å². The predicted molar refractivity (Wildman–Crippen MR) is 73.2 cm³/mol. The van der Waals surface area contributed by atoms with Crippen molar-refractivity contribution in [2.45, 2.75) is 37.6 Å². The Kier molecular flexibility index (Phi) is 3.99. The molecule has 0 N–H and O–H groups in total. The maximum absolute atomic E-state index is 12.5. The molecule has 1 aromatic carbocycles. The van der Waals surface area contributed by atoms with E-state index in [0.717, 1.165) is 12.8 Å². The van der Waals surface area contributed by atoms with Gasteiger partial charge in [0.2, 0.25) is 10.0 Å². The zero-order valence-electron chi connectivity index (χ0n) is 10.6. The van der Waals surface area contributed by atoms with Crippen LogP contribution in [-0.4, -0.2) is 25.3 Å². The standard InChI is InChI=1S/C13H18ClNO2S/c1-10(2)13-4-3-9-15(13)18(16,17)12-7-5-11(14)6-8-12/h5-8,10,13H,3-4,9H2,1-2H3. The van der Waals surface area contributed by atoms with Gasteiger partial charge in [-0.15, -0.1) is 0 Å². The van der Waals surface area contributed by atoms with Crippen molar-refractivity contribution in [2.75, 3.05) is 6.54 Å². The molecule has 1 aromatic rings. The first-order valence-electron chi connectivity index (χ1n) is 6.20. The van der Waals surface area contributed by atoms with E-state index in [0.29, 0.717) is 22.4 Å². The Morgan fingerprint density at radius 3 is 2.44 bits per heavy atom. The van der Waals surface area contributed by atoms with E-state index >= 15 is 0 Å². The lowest BCUT2D eigenvalue weighted by Gasteiger charge is -2.26. The number of hydrogen-bond acceptors (Lipinski definition) is 2. The number of benzene rings is 1. The first kappa shape index (κ1) is 13.8. The average Bonchev–Trinajstić information content (AvgIpc) is 2.79. The molecule has 1 fully saturated rings.